The van der Waals surface area contributed by atoms with Gasteiger partial charge in [-0.2, -0.15) is 0 Å². The lowest BCUT2D eigenvalue weighted by molar-refractivity contribution is -0.131. The number of ether oxygens (including phenoxy) is 2. The van der Waals surface area contributed by atoms with E-state index in [1.54, 1.807) is 24.3 Å². The van der Waals surface area contributed by atoms with Gasteiger partial charge >= 0.3 is 11.3 Å². The van der Waals surface area contributed by atoms with E-state index in [0.717, 1.165) is 16.7 Å². The lowest BCUT2D eigenvalue weighted by atomic mass is 10.3. The first-order chi connectivity index (χ1) is 7.11. The lowest BCUT2D eigenvalue weighted by Crippen LogP contribution is -2.00. The predicted octanol–water partition coefficient (Wildman–Crippen LogP) is 2.47. The number of hydrogen-bond acceptors (Lipinski definition) is 5. The molecule has 0 aliphatic heterocycles. The molecule has 0 atom stereocenters. The molecule has 1 rings (SSSR count). The number of carbonyl (C=O) groups excluding carboxylic acids is 2. The largest absolute Gasteiger partial charge is 0.461 e. The van der Waals surface area contributed by atoms with Crippen molar-refractivity contribution in [1.82, 2.24) is 0 Å². The van der Waals surface area contributed by atoms with Crippen LogP contribution in [0.15, 0.2) is 29.2 Å². The van der Waals surface area contributed by atoms with Gasteiger partial charge in [0.25, 0.3) is 0 Å². The van der Waals surface area contributed by atoms with Gasteiger partial charge in [0, 0.05) is 11.8 Å². The third-order valence-corrected chi connectivity index (χ3v) is 2.29. The van der Waals surface area contributed by atoms with Crippen LogP contribution in [-0.4, -0.2) is 18.4 Å². The summed E-state index contributed by atoms with van der Waals surface area (Å²) >= 11 is 0.970. The van der Waals surface area contributed by atoms with Crippen molar-refractivity contribution in [2.75, 3.05) is 7.11 Å². The van der Waals surface area contributed by atoms with E-state index in [-0.39, 0.29) is 11.3 Å². The van der Waals surface area contributed by atoms with Gasteiger partial charge in [-0.15, -0.1) is 0 Å². The summed E-state index contributed by atoms with van der Waals surface area (Å²) in [5.74, 6) is 0.0834. The molecule has 0 heterocycles. The molecule has 0 saturated carbocycles. The van der Waals surface area contributed by atoms with Crippen LogP contribution in [0.2, 0.25) is 0 Å². The molecule has 0 N–H and O–H groups in total. The molecular formula is C10H10O4S. The van der Waals surface area contributed by atoms with E-state index in [0.29, 0.717) is 5.75 Å². The minimum Gasteiger partial charge on any atom is -0.461 e. The molecule has 0 unspecified atom stereocenters. The number of rotatable bonds is 2. The zero-order valence-corrected chi connectivity index (χ0v) is 9.17. The topological polar surface area (TPSA) is 52.6 Å². The van der Waals surface area contributed by atoms with Gasteiger partial charge < -0.3 is 9.47 Å². The Morgan fingerprint density at radius 3 is 2.27 bits per heavy atom. The van der Waals surface area contributed by atoms with Gasteiger partial charge in [-0.3, -0.25) is 4.79 Å². The Morgan fingerprint density at radius 2 is 1.80 bits per heavy atom. The molecule has 5 heteroatoms. The van der Waals surface area contributed by atoms with E-state index in [4.69, 9.17) is 4.74 Å². The molecule has 0 spiro atoms. The van der Waals surface area contributed by atoms with E-state index in [2.05, 4.69) is 4.74 Å². The molecule has 0 bridgehead atoms. The van der Waals surface area contributed by atoms with Crippen LogP contribution in [0.5, 0.6) is 5.75 Å². The molecule has 0 saturated heterocycles. The summed E-state index contributed by atoms with van der Waals surface area (Å²) in [6.45, 7) is 1.33. The molecule has 0 aromatic heterocycles. The highest BCUT2D eigenvalue weighted by Crippen LogP contribution is 2.22. The van der Waals surface area contributed by atoms with Crippen LogP contribution < -0.4 is 4.74 Å². The Hall–Kier alpha value is -1.49. The molecule has 0 amide bonds. The predicted molar refractivity (Wildman–Crippen MR) is 56.0 cm³/mol. The number of benzene rings is 1. The van der Waals surface area contributed by atoms with E-state index < -0.39 is 0 Å². The van der Waals surface area contributed by atoms with Crippen molar-refractivity contribution in [1.29, 1.82) is 0 Å². The molecule has 1 aromatic rings. The van der Waals surface area contributed by atoms with Gasteiger partial charge in [0.2, 0.25) is 0 Å². The molecular weight excluding hydrogens is 216 g/mol. The molecule has 4 nitrogen and oxygen atoms in total. The third kappa shape index (κ3) is 4.03. The monoisotopic (exact) mass is 226 g/mol. The van der Waals surface area contributed by atoms with E-state index in [9.17, 15) is 9.59 Å². The van der Waals surface area contributed by atoms with Crippen molar-refractivity contribution in [3.63, 3.8) is 0 Å². The van der Waals surface area contributed by atoms with Gasteiger partial charge in [-0.1, -0.05) is 0 Å². The summed E-state index contributed by atoms with van der Waals surface area (Å²) in [4.78, 5) is 22.3. The zero-order valence-electron chi connectivity index (χ0n) is 8.35. The van der Waals surface area contributed by atoms with E-state index in [1.807, 2.05) is 0 Å². The number of methoxy groups -OCH3 is 1. The number of thioether (sulfide) groups is 1. The van der Waals surface area contributed by atoms with Gasteiger partial charge in [0.1, 0.15) is 5.75 Å². The summed E-state index contributed by atoms with van der Waals surface area (Å²) < 4.78 is 9.32. The van der Waals surface area contributed by atoms with Crippen LogP contribution >= 0.6 is 11.8 Å². The van der Waals surface area contributed by atoms with Gasteiger partial charge in [0.15, 0.2) is 0 Å². The molecule has 0 fully saturated rings. The van der Waals surface area contributed by atoms with Crippen molar-refractivity contribution in [3.05, 3.63) is 24.3 Å². The number of carbonyl (C=O) groups is 2. The van der Waals surface area contributed by atoms with Gasteiger partial charge in [-0.05, 0) is 36.0 Å². The SMILES string of the molecule is COC(=O)Sc1ccc(OC(C)=O)cc1. The van der Waals surface area contributed by atoms with Crippen molar-refractivity contribution in [2.24, 2.45) is 0 Å². The Balaban J connectivity index is 2.64. The smallest absolute Gasteiger partial charge is 0.371 e. The Labute approximate surface area is 91.6 Å². The molecule has 0 aliphatic rings. The second-order valence-electron chi connectivity index (χ2n) is 2.62. The van der Waals surface area contributed by atoms with E-state index >= 15 is 0 Å². The van der Waals surface area contributed by atoms with Crippen LogP contribution in [0.1, 0.15) is 6.92 Å². The molecule has 80 valence electrons. The summed E-state index contributed by atoms with van der Waals surface area (Å²) in [5, 5.41) is -0.379. The minimum absolute atomic E-state index is 0.372. The van der Waals surface area contributed by atoms with Crippen molar-refractivity contribution < 1.29 is 19.1 Å². The summed E-state index contributed by atoms with van der Waals surface area (Å²) in [6.07, 6.45) is 0. The normalized spacial score (nSPS) is 9.47. The van der Waals surface area contributed by atoms with E-state index in [1.165, 1.54) is 14.0 Å². The fourth-order valence-electron chi connectivity index (χ4n) is 0.880. The second-order valence-corrected chi connectivity index (χ2v) is 3.63. The quantitative estimate of drug-likeness (QED) is 0.440. The summed E-state index contributed by atoms with van der Waals surface area (Å²) in [5.41, 5.74) is 0. The van der Waals surface area contributed by atoms with Gasteiger partial charge in [0.05, 0.1) is 7.11 Å². The Bertz CT molecular complexity index is 358. The van der Waals surface area contributed by atoms with Crippen LogP contribution in [-0.2, 0) is 9.53 Å². The molecule has 1 aromatic carbocycles. The highest BCUT2D eigenvalue weighted by atomic mass is 32.2. The minimum atomic E-state index is -0.379. The Morgan fingerprint density at radius 1 is 1.20 bits per heavy atom. The lowest BCUT2D eigenvalue weighted by Gasteiger charge is -2.02. The third-order valence-electron chi connectivity index (χ3n) is 1.45. The number of esters is 1. The summed E-state index contributed by atoms with van der Waals surface area (Å²) in [7, 11) is 1.32. The first-order valence-corrected chi connectivity index (χ1v) is 4.97. The molecule has 0 aliphatic carbocycles. The molecule has 15 heavy (non-hydrogen) atoms. The van der Waals surface area contributed by atoms with Crippen molar-refractivity contribution >= 4 is 23.0 Å². The van der Waals surface area contributed by atoms with Crippen LogP contribution in [0, 0.1) is 0 Å². The zero-order chi connectivity index (χ0) is 11.3. The number of hydrogen-bond donors (Lipinski definition) is 0. The standard InChI is InChI=1S/C10H10O4S/c1-7(11)14-8-3-5-9(6-4-8)15-10(12)13-2/h3-6H,1-2H3. The maximum atomic E-state index is 10.9. The maximum absolute atomic E-state index is 10.9. The highest BCUT2D eigenvalue weighted by molar-refractivity contribution is 8.13. The highest BCUT2D eigenvalue weighted by Gasteiger charge is 2.04. The van der Waals surface area contributed by atoms with Crippen molar-refractivity contribution in [2.45, 2.75) is 11.8 Å². The molecule has 0 radical (unpaired) electrons. The second kappa shape index (κ2) is 5.41. The van der Waals surface area contributed by atoms with Crippen LogP contribution in [0.4, 0.5) is 4.79 Å². The maximum Gasteiger partial charge on any atom is 0.371 e. The fourth-order valence-corrected chi connectivity index (χ4v) is 1.43. The Kier molecular flexibility index (Phi) is 4.17. The summed E-state index contributed by atoms with van der Waals surface area (Å²) in [6, 6.07) is 6.60. The first kappa shape index (κ1) is 11.6. The van der Waals surface area contributed by atoms with Crippen LogP contribution in [0.25, 0.3) is 0 Å². The van der Waals surface area contributed by atoms with Crippen LogP contribution in [0.3, 0.4) is 0 Å². The first-order valence-electron chi connectivity index (χ1n) is 4.16. The average Bonchev–Trinajstić information content (AvgIpc) is 2.20. The van der Waals surface area contributed by atoms with Gasteiger partial charge in [-0.25, -0.2) is 4.79 Å². The van der Waals surface area contributed by atoms with Crippen molar-refractivity contribution in [3.8, 4) is 5.75 Å². The fraction of sp³-hybridized carbons (Fsp3) is 0.200. The average molecular weight is 226 g/mol.